The zero-order chi connectivity index (χ0) is 14.7. The van der Waals surface area contributed by atoms with E-state index in [1.54, 1.807) is 32.0 Å². The van der Waals surface area contributed by atoms with E-state index in [-0.39, 0.29) is 12.1 Å². The first-order valence-electron chi connectivity index (χ1n) is 6.12. The smallest absolute Gasteiger partial charge is 0.427 e. The highest BCUT2D eigenvalue weighted by molar-refractivity contribution is 6.00. The van der Waals surface area contributed by atoms with Crippen LogP contribution in [-0.2, 0) is 0 Å². The molecule has 0 bridgehead atoms. The highest BCUT2D eigenvalue weighted by Crippen LogP contribution is 2.13. The van der Waals surface area contributed by atoms with E-state index in [4.69, 9.17) is 9.52 Å². The quantitative estimate of drug-likeness (QED) is 0.529. The monoisotopic (exact) mass is 274 g/mol. The molecule has 0 saturated heterocycles. The van der Waals surface area contributed by atoms with Crippen molar-refractivity contribution in [1.82, 2.24) is 5.01 Å². The van der Waals surface area contributed by atoms with Gasteiger partial charge in [0.25, 0.3) is 0 Å². The largest absolute Gasteiger partial charge is 0.464 e. The summed E-state index contributed by atoms with van der Waals surface area (Å²) in [6, 6.07) is 8.76. The number of benzene rings is 1. The second-order valence-electron chi connectivity index (χ2n) is 4.17. The molecule has 0 unspecified atom stereocenters. The Kier molecular flexibility index (Phi) is 3.84. The van der Waals surface area contributed by atoms with Crippen LogP contribution in [0.3, 0.4) is 0 Å². The predicted octanol–water partition coefficient (Wildman–Crippen LogP) is 2.52. The molecule has 0 aliphatic carbocycles. The molecule has 1 amide bonds. The van der Waals surface area contributed by atoms with Crippen molar-refractivity contribution in [3.05, 3.63) is 46.3 Å². The standard InChI is InChI=1S/C14H14N2O4/c1-3-16(14(18)19)15-9(2)11-8-10-6-4-5-7-12(10)20-13(11)17/h4-8H,3H2,1-2H3,(H,18,19)/b15-9-. The topological polar surface area (TPSA) is 83.1 Å². The van der Waals surface area contributed by atoms with Gasteiger partial charge >= 0.3 is 11.7 Å². The third kappa shape index (κ3) is 2.69. The average molecular weight is 274 g/mol. The number of hydrogen-bond donors (Lipinski definition) is 1. The van der Waals surface area contributed by atoms with Gasteiger partial charge in [0.2, 0.25) is 0 Å². The van der Waals surface area contributed by atoms with Crippen LogP contribution in [0.5, 0.6) is 0 Å². The fourth-order valence-electron chi connectivity index (χ4n) is 1.80. The Hall–Kier alpha value is -2.63. The lowest BCUT2D eigenvalue weighted by atomic mass is 10.1. The number of carbonyl (C=O) groups is 1. The van der Waals surface area contributed by atoms with Crippen LogP contribution in [0.25, 0.3) is 11.0 Å². The van der Waals surface area contributed by atoms with Crippen LogP contribution in [0.1, 0.15) is 19.4 Å². The van der Waals surface area contributed by atoms with E-state index in [2.05, 4.69) is 5.10 Å². The Morgan fingerprint density at radius 1 is 1.40 bits per heavy atom. The molecule has 0 radical (unpaired) electrons. The highest BCUT2D eigenvalue weighted by atomic mass is 16.4. The first-order valence-corrected chi connectivity index (χ1v) is 6.12. The molecule has 1 aromatic heterocycles. The van der Waals surface area contributed by atoms with E-state index in [9.17, 15) is 9.59 Å². The van der Waals surface area contributed by atoms with Gasteiger partial charge in [-0.15, -0.1) is 0 Å². The van der Waals surface area contributed by atoms with E-state index in [1.165, 1.54) is 0 Å². The number of para-hydroxylation sites is 1. The number of carboxylic acid groups (broad SMARTS) is 1. The van der Waals surface area contributed by atoms with Crippen molar-refractivity contribution in [2.45, 2.75) is 13.8 Å². The van der Waals surface area contributed by atoms with Crippen LogP contribution in [-0.4, -0.2) is 28.5 Å². The summed E-state index contributed by atoms with van der Waals surface area (Å²) >= 11 is 0. The Labute approximate surface area is 114 Å². The molecule has 0 atom stereocenters. The minimum atomic E-state index is -1.17. The second kappa shape index (κ2) is 5.56. The molecule has 2 rings (SSSR count). The van der Waals surface area contributed by atoms with Gasteiger partial charge in [0.1, 0.15) is 5.58 Å². The maximum absolute atomic E-state index is 11.9. The summed E-state index contributed by atoms with van der Waals surface area (Å²) in [7, 11) is 0. The zero-order valence-corrected chi connectivity index (χ0v) is 11.2. The number of hydrogen-bond acceptors (Lipinski definition) is 4. The minimum Gasteiger partial charge on any atom is -0.464 e. The number of hydrazone groups is 1. The summed E-state index contributed by atoms with van der Waals surface area (Å²) < 4.78 is 5.19. The van der Waals surface area contributed by atoms with E-state index in [0.29, 0.717) is 11.3 Å². The third-order valence-electron chi connectivity index (χ3n) is 2.82. The molecule has 1 heterocycles. The molecule has 6 heteroatoms. The molecule has 104 valence electrons. The predicted molar refractivity (Wildman–Crippen MR) is 75.1 cm³/mol. The fourth-order valence-corrected chi connectivity index (χ4v) is 1.80. The Balaban J connectivity index is 2.51. The summed E-state index contributed by atoms with van der Waals surface area (Å²) in [5.74, 6) is 0. The minimum absolute atomic E-state index is 0.200. The van der Waals surface area contributed by atoms with Gasteiger partial charge in [-0.3, -0.25) is 0 Å². The van der Waals surface area contributed by atoms with Crippen molar-refractivity contribution in [3.63, 3.8) is 0 Å². The van der Waals surface area contributed by atoms with Gasteiger partial charge in [0.15, 0.2) is 0 Å². The second-order valence-corrected chi connectivity index (χ2v) is 4.17. The van der Waals surface area contributed by atoms with E-state index in [1.807, 2.05) is 12.1 Å². The normalized spacial score (nSPS) is 11.6. The Bertz CT molecular complexity index is 733. The molecule has 1 aromatic carbocycles. The van der Waals surface area contributed by atoms with Crippen molar-refractivity contribution >= 4 is 22.8 Å². The molecular weight excluding hydrogens is 260 g/mol. The van der Waals surface area contributed by atoms with Gasteiger partial charge in [0, 0.05) is 11.9 Å². The van der Waals surface area contributed by atoms with Crippen molar-refractivity contribution in [2.24, 2.45) is 5.10 Å². The SMILES string of the molecule is CCN(/N=C(/C)c1cc2ccccc2oc1=O)C(=O)O. The van der Waals surface area contributed by atoms with Gasteiger partial charge in [-0.1, -0.05) is 18.2 Å². The van der Waals surface area contributed by atoms with E-state index in [0.717, 1.165) is 10.4 Å². The Morgan fingerprint density at radius 3 is 2.75 bits per heavy atom. The average Bonchev–Trinajstić information content (AvgIpc) is 2.43. The summed E-state index contributed by atoms with van der Waals surface area (Å²) in [5, 5.41) is 14.5. The maximum Gasteiger partial charge on any atom is 0.427 e. The van der Waals surface area contributed by atoms with Crippen molar-refractivity contribution in [1.29, 1.82) is 0 Å². The van der Waals surface area contributed by atoms with Gasteiger partial charge in [-0.2, -0.15) is 10.1 Å². The van der Waals surface area contributed by atoms with Crippen LogP contribution in [0.2, 0.25) is 0 Å². The lowest BCUT2D eigenvalue weighted by Gasteiger charge is -2.11. The van der Waals surface area contributed by atoms with Gasteiger partial charge in [-0.05, 0) is 26.0 Å². The van der Waals surface area contributed by atoms with Crippen molar-refractivity contribution < 1.29 is 14.3 Å². The molecule has 1 N–H and O–H groups in total. The Morgan fingerprint density at radius 2 is 2.10 bits per heavy atom. The van der Waals surface area contributed by atoms with Gasteiger partial charge in [-0.25, -0.2) is 9.59 Å². The van der Waals surface area contributed by atoms with Crippen LogP contribution < -0.4 is 5.63 Å². The summed E-state index contributed by atoms with van der Waals surface area (Å²) in [6.07, 6.45) is -1.17. The van der Waals surface area contributed by atoms with E-state index < -0.39 is 11.7 Å². The van der Waals surface area contributed by atoms with Crippen molar-refractivity contribution in [2.75, 3.05) is 6.54 Å². The molecule has 20 heavy (non-hydrogen) atoms. The lowest BCUT2D eigenvalue weighted by molar-refractivity contribution is 0.149. The summed E-state index contributed by atoms with van der Waals surface area (Å²) in [6.45, 7) is 3.44. The zero-order valence-electron chi connectivity index (χ0n) is 11.2. The van der Waals surface area contributed by atoms with Gasteiger partial charge in [0.05, 0.1) is 11.3 Å². The van der Waals surface area contributed by atoms with Crippen LogP contribution in [0, 0.1) is 0 Å². The van der Waals surface area contributed by atoms with E-state index >= 15 is 0 Å². The first-order chi connectivity index (χ1) is 9.52. The molecule has 0 aliphatic heterocycles. The maximum atomic E-state index is 11.9. The lowest BCUT2D eigenvalue weighted by Crippen LogP contribution is -2.26. The molecule has 0 saturated carbocycles. The third-order valence-corrected chi connectivity index (χ3v) is 2.82. The number of fused-ring (bicyclic) bond motifs is 1. The van der Waals surface area contributed by atoms with Crippen LogP contribution in [0.15, 0.2) is 44.6 Å². The van der Waals surface area contributed by atoms with Crippen LogP contribution in [0.4, 0.5) is 4.79 Å². The molecular formula is C14H14N2O4. The first kappa shape index (κ1) is 13.8. The van der Waals surface area contributed by atoms with Crippen molar-refractivity contribution in [3.8, 4) is 0 Å². The summed E-state index contributed by atoms with van der Waals surface area (Å²) in [4.78, 5) is 22.8. The molecule has 6 nitrogen and oxygen atoms in total. The molecule has 0 spiro atoms. The molecule has 2 aromatic rings. The molecule has 0 fully saturated rings. The van der Waals surface area contributed by atoms with Gasteiger partial charge < -0.3 is 9.52 Å². The van der Waals surface area contributed by atoms with Crippen LogP contribution >= 0.6 is 0 Å². The fraction of sp³-hybridized carbons (Fsp3) is 0.214. The highest BCUT2D eigenvalue weighted by Gasteiger charge is 2.12. The molecule has 0 aliphatic rings. The summed E-state index contributed by atoms with van der Waals surface area (Å²) in [5.41, 5.74) is 0.503. The number of amides is 1. The number of nitrogens with zero attached hydrogens (tertiary/aromatic N) is 2. The number of rotatable bonds is 3.